The normalized spacial score (nSPS) is 11.1. The van der Waals surface area contributed by atoms with Gasteiger partial charge in [0.25, 0.3) is 5.69 Å². The first-order valence-corrected chi connectivity index (χ1v) is 7.48. The van der Waals surface area contributed by atoms with Crippen molar-refractivity contribution in [3.8, 4) is 5.75 Å². The lowest BCUT2D eigenvalue weighted by Gasteiger charge is -2.11. The minimum absolute atomic E-state index is 0.0519. The Morgan fingerprint density at radius 3 is 2.33 bits per heavy atom. The molecule has 0 aromatic heterocycles. The van der Waals surface area contributed by atoms with Crippen LogP contribution in [-0.2, 0) is 10.1 Å². The van der Waals surface area contributed by atoms with E-state index in [1.807, 2.05) is 0 Å². The third-order valence-corrected chi connectivity index (χ3v) is 4.39. The van der Waals surface area contributed by atoms with Crippen LogP contribution in [0.15, 0.2) is 47.4 Å². The highest BCUT2D eigenvalue weighted by molar-refractivity contribution is 7.87. The summed E-state index contributed by atoms with van der Waals surface area (Å²) in [6.45, 7) is 3.09. The van der Waals surface area contributed by atoms with E-state index in [-0.39, 0.29) is 21.9 Å². The summed E-state index contributed by atoms with van der Waals surface area (Å²) in [6, 6.07) is 10.5. The van der Waals surface area contributed by atoms with Crippen molar-refractivity contribution in [2.45, 2.75) is 18.7 Å². The van der Waals surface area contributed by atoms with Gasteiger partial charge in [-0.2, -0.15) is 8.42 Å². The maximum atomic E-state index is 12.3. The summed E-state index contributed by atoms with van der Waals surface area (Å²) in [6.07, 6.45) is 0. The quantitative estimate of drug-likeness (QED) is 0.492. The Morgan fingerprint density at radius 2 is 1.71 bits per heavy atom. The summed E-state index contributed by atoms with van der Waals surface area (Å²) in [5.74, 6) is 0.198. The molecule has 0 saturated heterocycles. The molecule has 0 aliphatic heterocycles. The number of nitrogens with zero attached hydrogens (tertiary/aromatic N) is 1. The van der Waals surface area contributed by atoms with Gasteiger partial charge in [0.1, 0.15) is 10.6 Å². The lowest BCUT2D eigenvalue weighted by atomic mass is 10.2. The van der Waals surface area contributed by atoms with Crippen molar-refractivity contribution >= 4 is 15.8 Å². The van der Waals surface area contributed by atoms with Gasteiger partial charge in [-0.15, -0.1) is 0 Å². The number of nitro benzene ring substituents is 1. The molecule has 110 valence electrons. The molecule has 0 fully saturated rings. The average Bonchev–Trinajstić information content (AvgIpc) is 2.41. The summed E-state index contributed by atoms with van der Waals surface area (Å²) in [5, 5.41) is 10.9. The van der Waals surface area contributed by atoms with E-state index in [0.29, 0.717) is 5.56 Å². The molecule has 0 atom stereocenters. The number of hydrogen-bond donors (Lipinski definition) is 0. The Morgan fingerprint density at radius 1 is 1.05 bits per heavy atom. The molecule has 0 amide bonds. The molecule has 0 aliphatic rings. The van der Waals surface area contributed by atoms with Crippen molar-refractivity contribution < 1.29 is 17.5 Å². The van der Waals surface area contributed by atoms with Crippen molar-refractivity contribution in [2.24, 2.45) is 0 Å². The van der Waals surface area contributed by atoms with Gasteiger partial charge in [-0.25, -0.2) is 0 Å². The first-order valence-electron chi connectivity index (χ1n) is 6.07. The van der Waals surface area contributed by atoms with E-state index in [1.165, 1.54) is 31.2 Å². The first kappa shape index (κ1) is 15.0. The zero-order chi connectivity index (χ0) is 15.6. The molecule has 21 heavy (non-hydrogen) atoms. The maximum absolute atomic E-state index is 12.3. The van der Waals surface area contributed by atoms with Gasteiger partial charge in [0, 0.05) is 11.6 Å². The second kappa shape index (κ2) is 5.53. The summed E-state index contributed by atoms with van der Waals surface area (Å²) >= 11 is 0. The monoisotopic (exact) mass is 307 g/mol. The highest BCUT2D eigenvalue weighted by Crippen LogP contribution is 2.28. The van der Waals surface area contributed by atoms with Gasteiger partial charge in [-0.1, -0.05) is 24.3 Å². The third-order valence-electron chi connectivity index (χ3n) is 3.01. The lowest BCUT2D eigenvalue weighted by Crippen LogP contribution is -2.12. The predicted octanol–water partition coefficient (Wildman–Crippen LogP) is 2.98. The Bertz CT molecular complexity index is 799. The third kappa shape index (κ3) is 3.03. The summed E-state index contributed by atoms with van der Waals surface area (Å²) in [5.41, 5.74) is 0.449. The molecule has 2 aromatic carbocycles. The van der Waals surface area contributed by atoms with Gasteiger partial charge in [-0.3, -0.25) is 10.1 Å². The molecule has 0 heterocycles. The Labute approximate surface area is 122 Å². The second-order valence-corrected chi connectivity index (χ2v) is 5.98. The van der Waals surface area contributed by atoms with Crippen LogP contribution in [0.2, 0.25) is 0 Å². The minimum atomic E-state index is -4.13. The van der Waals surface area contributed by atoms with Crippen molar-refractivity contribution in [1.82, 2.24) is 0 Å². The van der Waals surface area contributed by atoms with Gasteiger partial charge < -0.3 is 4.18 Å². The highest BCUT2D eigenvalue weighted by atomic mass is 32.2. The predicted molar refractivity (Wildman–Crippen MR) is 76.8 cm³/mol. The summed E-state index contributed by atoms with van der Waals surface area (Å²) in [4.78, 5) is 10.1. The van der Waals surface area contributed by atoms with Crippen LogP contribution in [0.25, 0.3) is 0 Å². The van der Waals surface area contributed by atoms with Gasteiger partial charge in [-0.05, 0) is 31.5 Å². The summed E-state index contributed by atoms with van der Waals surface area (Å²) < 4.78 is 29.7. The molecular weight excluding hydrogens is 294 g/mol. The van der Waals surface area contributed by atoms with Crippen LogP contribution in [0, 0.1) is 24.0 Å². The molecule has 0 aliphatic carbocycles. The number of para-hydroxylation sites is 1. The molecule has 7 heteroatoms. The van der Waals surface area contributed by atoms with Crippen LogP contribution < -0.4 is 4.18 Å². The molecule has 2 aromatic rings. The molecule has 0 spiro atoms. The fourth-order valence-electron chi connectivity index (χ4n) is 1.88. The van der Waals surface area contributed by atoms with E-state index in [1.54, 1.807) is 25.1 Å². The molecule has 2 rings (SSSR count). The van der Waals surface area contributed by atoms with E-state index in [9.17, 15) is 18.5 Å². The number of nitro groups is 1. The SMILES string of the molecule is Cc1ccccc1OS(=O)(=O)c1cccc([N+](=O)[O-])c1C. The van der Waals surface area contributed by atoms with E-state index in [4.69, 9.17) is 4.18 Å². The molecular formula is C14H13NO5S. The fraction of sp³-hybridized carbons (Fsp3) is 0.143. The van der Waals surface area contributed by atoms with Gasteiger partial charge in [0.15, 0.2) is 0 Å². The van der Waals surface area contributed by atoms with Gasteiger partial charge >= 0.3 is 10.1 Å². The molecule has 6 nitrogen and oxygen atoms in total. The van der Waals surface area contributed by atoms with E-state index >= 15 is 0 Å². The largest absolute Gasteiger partial charge is 0.379 e. The molecule has 0 saturated carbocycles. The van der Waals surface area contributed by atoms with Crippen molar-refractivity contribution in [3.63, 3.8) is 0 Å². The van der Waals surface area contributed by atoms with E-state index in [2.05, 4.69) is 0 Å². The zero-order valence-electron chi connectivity index (χ0n) is 11.4. The lowest BCUT2D eigenvalue weighted by molar-refractivity contribution is -0.385. The van der Waals surface area contributed by atoms with E-state index < -0.39 is 15.0 Å². The first-order chi connectivity index (χ1) is 9.83. The maximum Gasteiger partial charge on any atom is 0.339 e. The minimum Gasteiger partial charge on any atom is -0.379 e. The van der Waals surface area contributed by atoms with Crippen molar-refractivity contribution in [3.05, 3.63) is 63.7 Å². The smallest absolute Gasteiger partial charge is 0.339 e. The van der Waals surface area contributed by atoms with Crippen molar-refractivity contribution in [1.29, 1.82) is 0 Å². The molecule has 0 bridgehead atoms. The van der Waals surface area contributed by atoms with E-state index in [0.717, 1.165) is 0 Å². The van der Waals surface area contributed by atoms with Crippen LogP contribution >= 0.6 is 0 Å². The number of aryl methyl sites for hydroxylation is 1. The average molecular weight is 307 g/mol. The summed E-state index contributed by atoms with van der Waals surface area (Å²) in [7, 11) is -4.13. The van der Waals surface area contributed by atoms with Crippen LogP contribution in [0.4, 0.5) is 5.69 Å². The number of hydrogen-bond acceptors (Lipinski definition) is 5. The van der Waals surface area contributed by atoms with Gasteiger partial charge in [0.2, 0.25) is 0 Å². The molecule has 0 N–H and O–H groups in total. The van der Waals surface area contributed by atoms with Crippen LogP contribution in [0.5, 0.6) is 5.75 Å². The number of rotatable bonds is 4. The van der Waals surface area contributed by atoms with Gasteiger partial charge in [0.05, 0.1) is 4.92 Å². The van der Waals surface area contributed by atoms with Crippen molar-refractivity contribution in [2.75, 3.05) is 0 Å². The molecule has 0 unspecified atom stereocenters. The standard InChI is InChI=1S/C14H13NO5S/c1-10-6-3-4-8-13(10)20-21(18,19)14-9-5-7-12(11(14)2)15(16)17/h3-9H,1-2H3. The van der Waals surface area contributed by atoms with Crippen LogP contribution in [-0.4, -0.2) is 13.3 Å². The Hall–Kier alpha value is -2.41. The Kier molecular flexibility index (Phi) is 3.95. The Balaban J connectivity index is 2.48. The van der Waals surface area contributed by atoms with Crippen LogP contribution in [0.1, 0.15) is 11.1 Å². The second-order valence-electron chi connectivity index (χ2n) is 4.46. The van der Waals surface area contributed by atoms with Crippen LogP contribution in [0.3, 0.4) is 0 Å². The zero-order valence-corrected chi connectivity index (χ0v) is 12.3. The topological polar surface area (TPSA) is 86.5 Å². The fourth-order valence-corrected chi connectivity index (χ4v) is 3.12. The number of benzene rings is 2. The molecule has 0 radical (unpaired) electrons. The highest BCUT2D eigenvalue weighted by Gasteiger charge is 2.25.